The predicted octanol–water partition coefficient (Wildman–Crippen LogP) is 3.45. The van der Waals surface area contributed by atoms with Gasteiger partial charge in [-0.2, -0.15) is 0 Å². The number of ether oxygens (including phenoxy) is 1. The van der Waals surface area contributed by atoms with Crippen LogP contribution >= 0.6 is 0 Å². The molecule has 2 amide bonds. The topological polar surface area (TPSA) is 70.6 Å². The quantitative estimate of drug-likeness (QED) is 0.722. The zero-order chi connectivity index (χ0) is 16.8. The number of benzene rings is 1. The summed E-state index contributed by atoms with van der Waals surface area (Å²) in [6.07, 6.45) is 2.41. The molecule has 0 fully saturated rings. The van der Waals surface area contributed by atoms with E-state index in [1.165, 1.54) is 0 Å². The van der Waals surface area contributed by atoms with Crippen molar-refractivity contribution in [1.82, 2.24) is 5.32 Å². The van der Waals surface area contributed by atoms with Gasteiger partial charge in [-0.1, -0.05) is 6.07 Å². The Labute approximate surface area is 133 Å². The molecule has 3 N–H and O–H groups in total. The minimum absolute atomic E-state index is 0.0493. The van der Waals surface area contributed by atoms with Gasteiger partial charge in [0.2, 0.25) is 0 Å². The first-order valence-corrected chi connectivity index (χ1v) is 7.66. The highest BCUT2D eigenvalue weighted by Gasteiger charge is 2.14. The van der Waals surface area contributed by atoms with Crippen molar-refractivity contribution in [3.8, 4) is 5.75 Å². The molecule has 0 aliphatic heterocycles. The minimum atomic E-state index is -0.653. The van der Waals surface area contributed by atoms with Crippen LogP contribution in [-0.2, 0) is 0 Å². The average Bonchev–Trinajstić information content (AvgIpc) is 2.39. The number of methoxy groups -OCH3 is 1. The largest absolute Gasteiger partial charge is 0.497 e. The van der Waals surface area contributed by atoms with Crippen molar-refractivity contribution in [1.29, 1.82) is 0 Å². The van der Waals surface area contributed by atoms with Gasteiger partial charge in [-0.05, 0) is 58.6 Å². The minimum Gasteiger partial charge on any atom is -0.497 e. The molecule has 0 spiro atoms. The van der Waals surface area contributed by atoms with E-state index in [4.69, 9.17) is 4.74 Å². The molecule has 0 aliphatic carbocycles. The highest BCUT2D eigenvalue weighted by Crippen LogP contribution is 2.21. The summed E-state index contributed by atoms with van der Waals surface area (Å²) in [6.45, 7) is 7.48. The first-order chi connectivity index (χ1) is 10.2. The maximum atomic E-state index is 12.0. The fraction of sp³-hybridized carbons (Fsp3) is 0.588. The fourth-order valence-electron chi connectivity index (χ4n) is 2.16. The summed E-state index contributed by atoms with van der Waals surface area (Å²) < 4.78 is 5.16. The summed E-state index contributed by atoms with van der Waals surface area (Å²) in [6, 6.07) is 5.38. The third-order valence-corrected chi connectivity index (χ3v) is 3.50. The van der Waals surface area contributed by atoms with Crippen LogP contribution in [0.2, 0.25) is 0 Å². The number of rotatable bonds is 7. The third-order valence-electron chi connectivity index (χ3n) is 3.50. The molecule has 1 unspecified atom stereocenters. The average molecular weight is 308 g/mol. The number of aliphatic hydroxyl groups is 1. The maximum Gasteiger partial charge on any atom is 0.319 e. The van der Waals surface area contributed by atoms with Gasteiger partial charge in [0.15, 0.2) is 0 Å². The molecule has 0 heterocycles. The van der Waals surface area contributed by atoms with Gasteiger partial charge < -0.3 is 20.5 Å². The molecule has 5 heteroatoms. The number of hydrogen-bond donors (Lipinski definition) is 3. The summed E-state index contributed by atoms with van der Waals surface area (Å²) >= 11 is 0. The molecule has 0 saturated heterocycles. The monoisotopic (exact) mass is 308 g/mol. The smallest absolute Gasteiger partial charge is 0.319 e. The highest BCUT2D eigenvalue weighted by atomic mass is 16.5. The fourth-order valence-corrected chi connectivity index (χ4v) is 2.16. The van der Waals surface area contributed by atoms with Crippen LogP contribution in [0, 0.1) is 6.92 Å². The summed E-state index contributed by atoms with van der Waals surface area (Å²) in [5.41, 5.74) is 1.06. The molecule has 124 valence electrons. The van der Waals surface area contributed by atoms with Crippen LogP contribution in [0.3, 0.4) is 0 Å². The van der Waals surface area contributed by atoms with Gasteiger partial charge in [0.25, 0.3) is 0 Å². The molecule has 0 aliphatic rings. The van der Waals surface area contributed by atoms with E-state index < -0.39 is 5.60 Å². The number of anilines is 1. The zero-order valence-electron chi connectivity index (χ0n) is 14.2. The van der Waals surface area contributed by atoms with E-state index in [1.54, 1.807) is 27.0 Å². The first-order valence-electron chi connectivity index (χ1n) is 7.66. The predicted molar refractivity (Wildman–Crippen MR) is 89.5 cm³/mol. The summed E-state index contributed by atoms with van der Waals surface area (Å²) in [7, 11) is 1.60. The van der Waals surface area contributed by atoms with E-state index >= 15 is 0 Å². The number of amides is 2. The molecule has 1 rings (SSSR count). The normalized spacial score (nSPS) is 12.6. The molecule has 0 aromatic heterocycles. The van der Waals surface area contributed by atoms with E-state index in [1.807, 2.05) is 26.0 Å². The molecular weight excluding hydrogens is 280 g/mol. The number of nitrogens with one attached hydrogen (secondary N) is 2. The number of carbonyl (C=O) groups is 1. The van der Waals surface area contributed by atoms with Crippen LogP contribution in [0.15, 0.2) is 18.2 Å². The Kier molecular flexibility index (Phi) is 6.68. The number of urea groups is 1. The zero-order valence-corrected chi connectivity index (χ0v) is 14.2. The molecule has 1 aromatic rings. The van der Waals surface area contributed by atoms with Crippen LogP contribution in [0.1, 0.15) is 45.6 Å². The molecule has 5 nitrogen and oxygen atoms in total. The number of aryl methyl sites for hydroxylation is 1. The molecule has 1 aromatic carbocycles. The van der Waals surface area contributed by atoms with Gasteiger partial charge >= 0.3 is 6.03 Å². The van der Waals surface area contributed by atoms with Gasteiger partial charge in [0, 0.05) is 17.8 Å². The van der Waals surface area contributed by atoms with Crippen LogP contribution in [-0.4, -0.2) is 29.9 Å². The Morgan fingerprint density at radius 1 is 1.41 bits per heavy atom. The Hall–Kier alpha value is -1.75. The molecule has 0 bridgehead atoms. The highest BCUT2D eigenvalue weighted by molar-refractivity contribution is 5.90. The molecular formula is C17H28N2O3. The van der Waals surface area contributed by atoms with Crippen molar-refractivity contribution in [3.05, 3.63) is 23.8 Å². The summed E-state index contributed by atoms with van der Waals surface area (Å²) in [4.78, 5) is 12.0. The van der Waals surface area contributed by atoms with Crippen LogP contribution in [0.5, 0.6) is 5.75 Å². The SMILES string of the molecule is COc1ccc(C)c(NC(=O)NC(C)CCCC(C)(C)O)c1. The van der Waals surface area contributed by atoms with E-state index in [0.717, 1.165) is 30.5 Å². The second-order valence-electron chi connectivity index (χ2n) is 6.39. The van der Waals surface area contributed by atoms with E-state index in [2.05, 4.69) is 10.6 Å². The van der Waals surface area contributed by atoms with Crippen LogP contribution in [0.4, 0.5) is 10.5 Å². The standard InChI is InChI=1S/C17H28N2O3/c1-12-8-9-14(22-5)11-15(12)19-16(20)18-13(2)7-6-10-17(3,4)21/h8-9,11,13,21H,6-7,10H2,1-5H3,(H2,18,19,20). The molecule has 0 radical (unpaired) electrons. The van der Waals surface area contributed by atoms with Gasteiger partial charge in [-0.25, -0.2) is 4.79 Å². The van der Waals surface area contributed by atoms with Crippen molar-refractivity contribution < 1.29 is 14.6 Å². The summed E-state index contributed by atoms with van der Waals surface area (Å²) in [5, 5.41) is 15.4. The number of hydrogen-bond acceptors (Lipinski definition) is 3. The maximum absolute atomic E-state index is 12.0. The van der Waals surface area contributed by atoms with Gasteiger partial charge in [-0.3, -0.25) is 0 Å². The third kappa shape index (κ3) is 6.80. The molecule has 1 atom stereocenters. The Bertz CT molecular complexity index is 495. The van der Waals surface area contributed by atoms with Crippen molar-refractivity contribution in [3.63, 3.8) is 0 Å². The second kappa shape index (κ2) is 8.03. The van der Waals surface area contributed by atoms with E-state index in [-0.39, 0.29) is 12.1 Å². The van der Waals surface area contributed by atoms with Crippen molar-refractivity contribution in [2.75, 3.05) is 12.4 Å². The molecule has 22 heavy (non-hydrogen) atoms. The van der Waals surface area contributed by atoms with Gasteiger partial charge in [0.05, 0.1) is 12.7 Å². The summed E-state index contributed by atoms with van der Waals surface area (Å²) in [5.74, 6) is 0.708. The van der Waals surface area contributed by atoms with Gasteiger partial charge in [0.1, 0.15) is 5.75 Å². The van der Waals surface area contributed by atoms with Crippen LogP contribution < -0.4 is 15.4 Å². The Morgan fingerprint density at radius 3 is 2.68 bits per heavy atom. The Balaban J connectivity index is 2.45. The number of carbonyl (C=O) groups excluding carboxylic acids is 1. The first kappa shape index (κ1) is 18.3. The molecule has 0 saturated carbocycles. The van der Waals surface area contributed by atoms with E-state index in [0.29, 0.717) is 5.75 Å². The lowest BCUT2D eigenvalue weighted by atomic mass is 10.00. The van der Waals surface area contributed by atoms with Gasteiger partial charge in [-0.15, -0.1) is 0 Å². The Morgan fingerprint density at radius 2 is 2.09 bits per heavy atom. The van der Waals surface area contributed by atoms with Crippen molar-refractivity contribution in [2.24, 2.45) is 0 Å². The van der Waals surface area contributed by atoms with Crippen molar-refractivity contribution in [2.45, 2.75) is 58.6 Å². The van der Waals surface area contributed by atoms with Crippen LogP contribution in [0.25, 0.3) is 0 Å². The van der Waals surface area contributed by atoms with E-state index in [9.17, 15) is 9.90 Å². The lowest BCUT2D eigenvalue weighted by Crippen LogP contribution is -2.36. The van der Waals surface area contributed by atoms with Crippen molar-refractivity contribution >= 4 is 11.7 Å². The second-order valence-corrected chi connectivity index (χ2v) is 6.39. The lowest BCUT2D eigenvalue weighted by molar-refractivity contribution is 0.0676. The lowest BCUT2D eigenvalue weighted by Gasteiger charge is -2.19.